The number of hydrogen-bond donors (Lipinski definition) is 3. The maximum Gasteiger partial charge on any atom is 0.0882 e. The number of hydrogen-bond acceptors (Lipinski definition) is 4. The summed E-state index contributed by atoms with van der Waals surface area (Å²) in [6.45, 7) is 10.3. The van der Waals surface area contributed by atoms with E-state index in [-0.39, 0.29) is 5.60 Å². The molecule has 0 amide bonds. The number of hydrazine groups is 1. The Labute approximate surface area is 81.3 Å². The Morgan fingerprint density at radius 3 is 2.15 bits per heavy atom. The van der Waals surface area contributed by atoms with E-state index in [2.05, 4.69) is 5.43 Å². The highest BCUT2D eigenvalue weighted by molar-refractivity contribution is 4.94. The minimum atomic E-state index is -0.160. The third-order valence-corrected chi connectivity index (χ3v) is 0.941. The van der Waals surface area contributed by atoms with E-state index in [1.807, 2.05) is 34.6 Å². The van der Waals surface area contributed by atoms with Crippen molar-refractivity contribution in [2.45, 2.75) is 40.2 Å². The summed E-state index contributed by atoms with van der Waals surface area (Å²) in [5.74, 6) is 5.01. The van der Waals surface area contributed by atoms with Crippen LogP contribution >= 0.6 is 0 Å². The Kier molecular flexibility index (Phi) is 8.96. The van der Waals surface area contributed by atoms with Crippen LogP contribution in [0, 0.1) is 0 Å². The van der Waals surface area contributed by atoms with E-state index in [1.54, 1.807) is 0 Å². The fourth-order valence-corrected chi connectivity index (χ4v) is 0.449. The van der Waals surface area contributed by atoms with Crippen molar-refractivity contribution in [3.8, 4) is 0 Å². The number of nitrogens with two attached hydrogens (primary N) is 2. The van der Waals surface area contributed by atoms with Gasteiger partial charge in [0.05, 0.1) is 17.9 Å². The van der Waals surface area contributed by atoms with Crippen LogP contribution in [0.3, 0.4) is 0 Å². The van der Waals surface area contributed by atoms with E-state index in [0.29, 0.717) is 12.3 Å². The zero-order valence-corrected chi connectivity index (χ0v) is 9.35. The predicted octanol–water partition coefficient (Wildman–Crippen LogP) is 1.09. The van der Waals surface area contributed by atoms with Crippen LogP contribution in [0.4, 0.5) is 0 Å². The van der Waals surface area contributed by atoms with Gasteiger partial charge in [-0.2, -0.15) is 0 Å². The lowest BCUT2D eigenvalue weighted by Crippen LogP contribution is -2.24. The van der Waals surface area contributed by atoms with Gasteiger partial charge in [0, 0.05) is 6.20 Å². The molecule has 0 aliphatic carbocycles. The molecular formula is C9H23N3O. The first-order valence-electron chi connectivity index (χ1n) is 4.50. The monoisotopic (exact) mass is 189 g/mol. The summed E-state index contributed by atoms with van der Waals surface area (Å²) in [6.07, 6.45) is 1.51. The molecule has 0 aliphatic heterocycles. The van der Waals surface area contributed by atoms with Crippen LogP contribution in [0.15, 0.2) is 11.9 Å². The molecule has 5 N–H and O–H groups in total. The van der Waals surface area contributed by atoms with Gasteiger partial charge in [-0.05, 0) is 20.8 Å². The van der Waals surface area contributed by atoms with Crippen LogP contribution in [0.1, 0.15) is 34.6 Å². The van der Waals surface area contributed by atoms with Gasteiger partial charge in [0.2, 0.25) is 0 Å². The van der Waals surface area contributed by atoms with Gasteiger partial charge in [-0.25, -0.2) is 0 Å². The highest BCUT2D eigenvalue weighted by Gasteiger charge is 2.09. The lowest BCUT2D eigenvalue weighted by atomic mass is 10.2. The van der Waals surface area contributed by atoms with Gasteiger partial charge < -0.3 is 15.9 Å². The van der Waals surface area contributed by atoms with Gasteiger partial charge in [-0.3, -0.25) is 5.84 Å². The van der Waals surface area contributed by atoms with E-state index in [0.717, 1.165) is 0 Å². The molecule has 0 atom stereocenters. The molecule has 0 bridgehead atoms. The largest absolute Gasteiger partial charge is 0.399 e. The molecular weight excluding hydrogens is 166 g/mol. The Hall–Kier alpha value is -0.740. The number of rotatable bonds is 3. The van der Waals surface area contributed by atoms with Crippen molar-refractivity contribution < 1.29 is 4.74 Å². The van der Waals surface area contributed by atoms with Gasteiger partial charge in [-0.1, -0.05) is 13.8 Å². The zero-order chi connectivity index (χ0) is 10.9. The molecule has 0 aromatic rings. The van der Waals surface area contributed by atoms with E-state index in [1.165, 1.54) is 6.20 Å². The Balaban J connectivity index is 0. The maximum atomic E-state index is 5.48. The molecule has 0 fully saturated rings. The third-order valence-electron chi connectivity index (χ3n) is 0.941. The van der Waals surface area contributed by atoms with Crippen LogP contribution in [0.2, 0.25) is 0 Å². The second-order valence-corrected chi connectivity index (χ2v) is 3.29. The first-order valence-corrected chi connectivity index (χ1v) is 4.50. The van der Waals surface area contributed by atoms with Crippen molar-refractivity contribution in [1.29, 1.82) is 0 Å². The molecule has 4 heteroatoms. The van der Waals surface area contributed by atoms with Crippen LogP contribution in [0.5, 0.6) is 0 Å². The molecule has 0 aromatic heterocycles. The Morgan fingerprint density at radius 1 is 1.38 bits per heavy atom. The summed E-state index contributed by atoms with van der Waals surface area (Å²) in [5.41, 5.74) is 8.25. The van der Waals surface area contributed by atoms with Gasteiger partial charge in [0.25, 0.3) is 0 Å². The molecule has 80 valence electrons. The normalized spacial score (nSPS) is 11.7. The quantitative estimate of drug-likeness (QED) is 0.459. The molecule has 0 saturated carbocycles. The van der Waals surface area contributed by atoms with Crippen molar-refractivity contribution >= 4 is 0 Å². The molecule has 0 spiro atoms. The first kappa shape index (κ1) is 14.8. The summed E-state index contributed by atoms with van der Waals surface area (Å²) in [7, 11) is 0. The fraction of sp³-hybridized carbons (Fsp3) is 0.778. The van der Waals surface area contributed by atoms with Crippen LogP contribution in [-0.4, -0.2) is 12.2 Å². The zero-order valence-electron chi connectivity index (χ0n) is 9.35. The molecule has 4 nitrogen and oxygen atoms in total. The lowest BCUT2D eigenvalue weighted by molar-refractivity contribution is 0.0105. The van der Waals surface area contributed by atoms with E-state index in [9.17, 15) is 0 Å². The predicted molar refractivity (Wildman–Crippen MR) is 56.6 cm³/mol. The van der Waals surface area contributed by atoms with Gasteiger partial charge in [-0.15, -0.1) is 0 Å². The van der Waals surface area contributed by atoms with Crippen molar-refractivity contribution in [2.75, 3.05) is 6.61 Å². The molecule has 0 unspecified atom stereocenters. The van der Waals surface area contributed by atoms with Crippen LogP contribution in [-0.2, 0) is 4.74 Å². The second kappa shape index (κ2) is 7.89. The van der Waals surface area contributed by atoms with Crippen LogP contribution in [0.25, 0.3) is 0 Å². The molecule has 0 saturated heterocycles. The molecule has 13 heavy (non-hydrogen) atoms. The summed E-state index contributed by atoms with van der Waals surface area (Å²) < 4.78 is 5.35. The minimum absolute atomic E-state index is 0.160. The van der Waals surface area contributed by atoms with Gasteiger partial charge in [0.15, 0.2) is 0 Å². The van der Waals surface area contributed by atoms with Gasteiger partial charge in [0.1, 0.15) is 0 Å². The number of nitrogens with one attached hydrogen (secondary N) is 1. The molecule has 0 radical (unpaired) electrons. The van der Waals surface area contributed by atoms with E-state index < -0.39 is 0 Å². The Bertz CT molecular complexity index is 138. The summed E-state index contributed by atoms with van der Waals surface area (Å²) in [4.78, 5) is 0. The van der Waals surface area contributed by atoms with E-state index >= 15 is 0 Å². The molecule has 0 rings (SSSR count). The van der Waals surface area contributed by atoms with Crippen molar-refractivity contribution in [3.63, 3.8) is 0 Å². The molecule has 0 aliphatic rings. The minimum Gasteiger partial charge on any atom is -0.399 e. The summed E-state index contributed by atoms with van der Waals surface area (Å²) in [5, 5.41) is 0. The van der Waals surface area contributed by atoms with Crippen molar-refractivity contribution in [1.82, 2.24) is 5.43 Å². The topological polar surface area (TPSA) is 73.3 Å². The standard InChI is InChI=1S/C7H17N3O.C2H6/c1-7(2,3)11-5-6(8)4-10-9;1-2/h4,10H,5,8-9H2,1-3H3;1-2H3/b6-4-;. The Morgan fingerprint density at radius 2 is 1.85 bits per heavy atom. The maximum absolute atomic E-state index is 5.48. The van der Waals surface area contributed by atoms with Crippen LogP contribution < -0.4 is 17.0 Å². The fourth-order valence-electron chi connectivity index (χ4n) is 0.449. The second-order valence-electron chi connectivity index (χ2n) is 3.29. The van der Waals surface area contributed by atoms with Crippen molar-refractivity contribution in [3.05, 3.63) is 11.9 Å². The average Bonchev–Trinajstić information content (AvgIpc) is 2.04. The molecule has 0 heterocycles. The SMILES string of the molecule is CC.CC(C)(C)OC/C(N)=C/NN. The van der Waals surface area contributed by atoms with E-state index in [4.69, 9.17) is 16.3 Å². The average molecular weight is 189 g/mol. The highest BCUT2D eigenvalue weighted by Crippen LogP contribution is 2.06. The van der Waals surface area contributed by atoms with Crippen molar-refractivity contribution in [2.24, 2.45) is 11.6 Å². The highest BCUT2D eigenvalue weighted by atomic mass is 16.5. The summed E-state index contributed by atoms with van der Waals surface area (Å²) >= 11 is 0. The van der Waals surface area contributed by atoms with Gasteiger partial charge >= 0.3 is 0 Å². The smallest absolute Gasteiger partial charge is 0.0882 e. The first-order chi connectivity index (χ1) is 5.95. The molecule has 0 aromatic carbocycles. The number of ether oxygens (including phenoxy) is 1. The lowest BCUT2D eigenvalue weighted by Gasteiger charge is -2.19. The summed E-state index contributed by atoms with van der Waals surface area (Å²) in [6, 6.07) is 0. The third kappa shape index (κ3) is 14.2.